The van der Waals surface area contributed by atoms with Gasteiger partial charge in [-0.25, -0.2) is 0 Å². The molecule has 70 heavy (non-hydrogen) atoms. The topological polar surface area (TPSA) is 9.86 Å². The summed E-state index contributed by atoms with van der Waals surface area (Å²) in [6.07, 6.45) is 0. The van der Waals surface area contributed by atoms with Gasteiger partial charge in [-0.05, 0) is 113 Å². The molecule has 2 heteroatoms. The van der Waals surface area contributed by atoms with E-state index < -0.39 is 10.8 Å². The summed E-state index contributed by atoms with van der Waals surface area (Å²) in [5.41, 5.74) is 16.9. The van der Waals surface area contributed by atoms with Crippen molar-refractivity contribution in [1.82, 2.24) is 9.13 Å². The molecule has 0 bridgehead atoms. The maximum atomic E-state index is 2.62. The molecule has 2 unspecified atom stereocenters. The largest absolute Gasteiger partial charge is 0.309 e. The van der Waals surface area contributed by atoms with Gasteiger partial charge in [0.05, 0.1) is 33.4 Å². The van der Waals surface area contributed by atoms with Crippen molar-refractivity contribution in [1.29, 1.82) is 0 Å². The van der Waals surface area contributed by atoms with Crippen LogP contribution >= 0.6 is 0 Å². The third kappa shape index (κ3) is 4.55. The SMILES string of the molecule is CC1(C2(C)c3ccc4ccccc4c3-c3c2cc(-n2c4ccccc4c4ccccc42)c2ccccc32)c2ccc3ccccc3c2-c2c1cc(-n1c3ccccc3c3ccccc31)c1ccccc21. The predicted octanol–water partition coefficient (Wildman–Crippen LogP) is 17.8. The number of fused-ring (bicyclic) bond motifs is 20. The van der Waals surface area contributed by atoms with E-state index >= 15 is 0 Å². The quantitative estimate of drug-likeness (QED) is 0.167. The van der Waals surface area contributed by atoms with Crippen LogP contribution in [0.15, 0.2) is 231 Å². The zero-order chi connectivity index (χ0) is 46.0. The molecule has 0 amide bonds. The second-order valence-corrected chi connectivity index (χ2v) is 20.1. The number of para-hydroxylation sites is 4. The third-order valence-electron chi connectivity index (χ3n) is 17.2. The molecule has 326 valence electrons. The lowest BCUT2D eigenvalue weighted by molar-refractivity contribution is 0.376. The average molecular weight is 889 g/mol. The molecule has 2 atom stereocenters. The minimum Gasteiger partial charge on any atom is -0.309 e. The van der Waals surface area contributed by atoms with Crippen molar-refractivity contribution in [2.24, 2.45) is 0 Å². The summed E-state index contributed by atoms with van der Waals surface area (Å²) in [5, 5.41) is 15.2. The number of aromatic nitrogens is 2. The molecule has 2 aliphatic carbocycles. The van der Waals surface area contributed by atoms with Crippen LogP contribution < -0.4 is 0 Å². The molecule has 14 aromatic rings. The molecule has 12 aromatic carbocycles. The second-order valence-electron chi connectivity index (χ2n) is 20.1. The van der Waals surface area contributed by atoms with Crippen LogP contribution in [-0.2, 0) is 10.8 Å². The molecule has 2 nitrogen and oxygen atoms in total. The van der Waals surface area contributed by atoms with Gasteiger partial charge in [0.2, 0.25) is 0 Å². The number of hydrogen-bond donors (Lipinski definition) is 0. The van der Waals surface area contributed by atoms with Crippen LogP contribution in [0.25, 0.3) is 120 Å². The lowest BCUT2D eigenvalue weighted by atomic mass is 9.56. The Morgan fingerprint density at radius 1 is 0.243 bits per heavy atom. The summed E-state index contributed by atoms with van der Waals surface area (Å²) < 4.78 is 5.10. The molecule has 0 saturated carbocycles. The third-order valence-corrected chi connectivity index (χ3v) is 17.2. The molecule has 0 aliphatic heterocycles. The molecular weight excluding hydrogens is 845 g/mol. The summed E-state index contributed by atoms with van der Waals surface area (Å²) >= 11 is 0. The van der Waals surface area contributed by atoms with Gasteiger partial charge in [0, 0.05) is 43.1 Å². The lowest BCUT2D eigenvalue weighted by Gasteiger charge is -2.45. The number of hydrogen-bond acceptors (Lipinski definition) is 0. The van der Waals surface area contributed by atoms with Crippen LogP contribution in [0, 0.1) is 0 Å². The minimum atomic E-state index is -0.581. The Kier molecular flexibility index (Phi) is 7.38. The summed E-state index contributed by atoms with van der Waals surface area (Å²) in [7, 11) is 0. The first-order chi connectivity index (χ1) is 34.5. The van der Waals surface area contributed by atoms with Crippen molar-refractivity contribution in [3.05, 3.63) is 253 Å². The van der Waals surface area contributed by atoms with Gasteiger partial charge in [0.1, 0.15) is 0 Å². The van der Waals surface area contributed by atoms with Crippen molar-refractivity contribution < 1.29 is 0 Å². The molecule has 0 saturated heterocycles. The van der Waals surface area contributed by atoms with Gasteiger partial charge in [-0.2, -0.15) is 0 Å². The molecule has 2 heterocycles. The van der Waals surface area contributed by atoms with Gasteiger partial charge in [-0.15, -0.1) is 0 Å². The maximum absolute atomic E-state index is 2.62. The minimum absolute atomic E-state index is 0.581. The highest BCUT2D eigenvalue weighted by Crippen LogP contribution is 2.68. The van der Waals surface area contributed by atoms with Gasteiger partial charge in [-0.1, -0.05) is 208 Å². The van der Waals surface area contributed by atoms with Crippen molar-refractivity contribution in [3.63, 3.8) is 0 Å². The summed E-state index contributed by atoms with van der Waals surface area (Å²) in [4.78, 5) is 0. The van der Waals surface area contributed by atoms with Gasteiger partial charge >= 0.3 is 0 Å². The van der Waals surface area contributed by atoms with Gasteiger partial charge in [0.15, 0.2) is 0 Å². The first-order valence-corrected chi connectivity index (χ1v) is 24.7. The Bertz CT molecular complexity index is 4240. The monoisotopic (exact) mass is 888 g/mol. The van der Waals surface area contributed by atoms with Crippen molar-refractivity contribution in [3.8, 4) is 33.6 Å². The van der Waals surface area contributed by atoms with Crippen molar-refractivity contribution in [2.45, 2.75) is 24.7 Å². The molecule has 2 aliphatic rings. The molecule has 16 rings (SSSR count). The molecule has 0 spiro atoms. The number of nitrogens with zero attached hydrogens (tertiary/aromatic N) is 2. The first kappa shape index (κ1) is 38.3. The average Bonchev–Trinajstić information content (AvgIpc) is 4.12. The van der Waals surface area contributed by atoms with E-state index in [-0.39, 0.29) is 0 Å². The highest BCUT2D eigenvalue weighted by Gasteiger charge is 2.59. The standard InChI is InChI=1S/C68H44N2/c1-67(53-37-35-41-19-3-5-21-43(41)63(53)65-51-29-9-7-27-49(51)61(39-55(65)67)69-57-31-15-11-23-45(57)46-24-12-16-32-58(46)69)68(2)54-38-36-42-20-4-6-22-44(42)64(54)66-52-30-10-8-28-50(52)62(40-56(66)68)70-59-33-17-13-25-47(59)48-26-14-18-34-60(48)70/h3-40H,1-2H3. The maximum Gasteiger partial charge on any atom is 0.0544 e. The van der Waals surface area contributed by atoms with E-state index in [0.29, 0.717) is 0 Å². The highest BCUT2D eigenvalue weighted by molar-refractivity contribution is 6.19. The first-order valence-electron chi connectivity index (χ1n) is 24.7. The Labute approximate surface area is 404 Å². The molecule has 2 aromatic heterocycles. The lowest BCUT2D eigenvalue weighted by Crippen LogP contribution is -2.44. The molecule has 0 radical (unpaired) electrons. The van der Waals surface area contributed by atoms with E-state index in [1.165, 1.54) is 143 Å². The number of benzene rings is 12. The van der Waals surface area contributed by atoms with Gasteiger partial charge < -0.3 is 9.13 Å². The van der Waals surface area contributed by atoms with Gasteiger partial charge in [-0.3, -0.25) is 0 Å². The molecular formula is C68H44N2. The van der Waals surface area contributed by atoms with E-state index in [9.17, 15) is 0 Å². The Morgan fingerprint density at radius 2 is 0.514 bits per heavy atom. The normalized spacial score (nSPS) is 17.1. The van der Waals surface area contributed by atoms with Crippen molar-refractivity contribution in [2.75, 3.05) is 0 Å². The van der Waals surface area contributed by atoms with Crippen LogP contribution in [0.1, 0.15) is 36.1 Å². The fraction of sp³-hybridized carbons (Fsp3) is 0.0588. The predicted molar refractivity (Wildman–Crippen MR) is 295 cm³/mol. The second kappa shape index (κ2) is 13.5. The zero-order valence-corrected chi connectivity index (χ0v) is 38.8. The van der Waals surface area contributed by atoms with Crippen molar-refractivity contribution >= 4 is 86.7 Å². The fourth-order valence-corrected chi connectivity index (χ4v) is 14.1. The summed E-state index contributed by atoms with van der Waals surface area (Å²) in [5.74, 6) is 0. The van der Waals surface area contributed by atoms with Crippen LogP contribution in [0.3, 0.4) is 0 Å². The van der Waals surface area contributed by atoms with Crippen LogP contribution in [0.5, 0.6) is 0 Å². The molecule has 0 N–H and O–H groups in total. The smallest absolute Gasteiger partial charge is 0.0544 e. The Morgan fingerprint density at radius 3 is 0.871 bits per heavy atom. The summed E-state index contributed by atoms with van der Waals surface area (Å²) in [6, 6.07) is 87.4. The van der Waals surface area contributed by atoms with E-state index in [2.05, 4.69) is 254 Å². The van der Waals surface area contributed by atoms with Crippen LogP contribution in [0.4, 0.5) is 0 Å². The highest BCUT2D eigenvalue weighted by atomic mass is 15.0. The zero-order valence-electron chi connectivity index (χ0n) is 38.8. The van der Waals surface area contributed by atoms with Crippen LogP contribution in [0.2, 0.25) is 0 Å². The van der Waals surface area contributed by atoms with E-state index in [1.54, 1.807) is 0 Å². The van der Waals surface area contributed by atoms with E-state index in [1.807, 2.05) is 0 Å². The number of rotatable bonds is 3. The van der Waals surface area contributed by atoms with E-state index in [4.69, 9.17) is 0 Å². The Balaban J connectivity index is 1.11. The fourth-order valence-electron chi connectivity index (χ4n) is 14.1. The molecule has 0 fully saturated rings. The summed E-state index contributed by atoms with van der Waals surface area (Å²) in [6.45, 7) is 5.19. The van der Waals surface area contributed by atoms with Gasteiger partial charge in [0.25, 0.3) is 0 Å². The van der Waals surface area contributed by atoms with Crippen LogP contribution in [-0.4, -0.2) is 9.13 Å². The van der Waals surface area contributed by atoms with E-state index in [0.717, 1.165) is 0 Å². The Hall–Kier alpha value is -8.72.